The van der Waals surface area contributed by atoms with E-state index in [0.29, 0.717) is 12.6 Å². The summed E-state index contributed by atoms with van der Waals surface area (Å²) >= 11 is 1.69. The third kappa shape index (κ3) is 2.44. The Kier molecular flexibility index (Phi) is 3.96. The Hall–Kier alpha value is -0.870. The molecule has 2 rings (SSSR count). The third-order valence-electron chi connectivity index (χ3n) is 3.14. The lowest BCUT2D eigenvalue weighted by Crippen LogP contribution is -2.39. The summed E-state index contributed by atoms with van der Waals surface area (Å²) in [6, 6.07) is 2.53. The molecule has 2 heterocycles. The van der Waals surface area contributed by atoms with E-state index in [1.54, 1.807) is 11.3 Å². The maximum Gasteiger partial charge on any atom is 0.100 e. The minimum Gasteiger partial charge on any atom is -0.330 e. The van der Waals surface area contributed by atoms with Crippen molar-refractivity contribution in [3.05, 3.63) is 16.8 Å². The Balaban J connectivity index is 2.22. The molecule has 1 atom stereocenters. The van der Waals surface area contributed by atoms with Crippen molar-refractivity contribution in [1.82, 2.24) is 0 Å². The molecule has 3 N–H and O–H groups in total. The van der Waals surface area contributed by atoms with Gasteiger partial charge in [0.2, 0.25) is 0 Å². The van der Waals surface area contributed by atoms with Crippen LogP contribution < -0.4 is 10.6 Å². The molecule has 4 heteroatoms. The van der Waals surface area contributed by atoms with E-state index in [-0.39, 0.29) is 0 Å². The average molecular weight is 237 g/mol. The summed E-state index contributed by atoms with van der Waals surface area (Å²) in [5, 5.41) is 12.4. The number of nitrogens with two attached hydrogens (primary N) is 1. The van der Waals surface area contributed by atoms with E-state index in [1.165, 1.54) is 12.1 Å². The summed E-state index contributed by atoms with van der Waals surface area (Å²) in [5.41, 5.74) is 6.85. The molecule has 1 aliphatic rings. The van der Waals surface area contributed by atoms with E-state index in [4.69, 9.17) is 11.1 Å². The van der Waals surface area contributed by atoms with Crippen LogP contribution in [0.25, 0.3) is 0 Å². The fourth-order valence-electron chi connectivity index (χ4n) is 2.37. The second kappa shape index (κ2) is 5.46. The van der Waals surface area contributed by atoms with Gasteiger partial charge < -0.3 is 10.6 Å². The van der Waals surface area contributed by atoms with Crippen LogP contribution in [0.2, 0.25) is 0 Å². The molecule has 88 valence electrons. The van der Waals surface area contributed by atoms with Gasteiger partial charge in [0.05, 0.1) is 5.69 Å². The normalized spacial score (nSPS) is 22.2. The van der Waals surface area contributed by atoms with E-state index in [9.17, 15) is 0 Å². The van der Waals surface area contributed by atoms with Gasteiger partial charge in [-0.1, -0.05) is 6.42 Å². The zero-order chi connectivity index (χ0) is 11.4. The highest BCUT2D eigenvalue weighted by molar-refractivity contribution is 7.08. The lowest BCUT2D eigenvalue weighted by Gasteiger charge is -2.31. The summed E-state index contributed by atoms with van der Waals surface area (Å²) in [7, 11) is 0. The van der Waals surface area contributed by atoms with Crippen LogP contribution in [0.15, 0.2) is 16.8 Å². The predicted octanol–water partition coefficient (Wildman–Crippen LogP) is 2.82. The van der Waals surface area contributed by atoms with Crippen molar-refractivity contribution in [1.29, 1.82) is 5.41 Å². The van der Waals surface area contributed by atoms with Crippen LogP contribution in [-0.4, -0.2) is 18.4 Å². The second-order valence-corrected chi connectivity index (χ2v) is 5.06. The maximum atomic E-state index is 8.16. The minimum absolute atomic E-state index is 0.426. The summed E-state index contributed by atoms with van der Waals surface area (Å²) < 4.78 is 0. The number of nitrogens with zero attached hydrogens (tertiary/aromatic N) is 1. The van der Waals surface area contributed by atoms with Crippen molar-refractivity contribution in [2.45, 2.75) is 38.1 Å². The molecule has 1 aromatic rings. The molecule has 3 nitrogen and oxygen atoms in total. The zero-order valence-electron chi connectivity index (χ0n) is 9.48. The summed E-state index contributed by atoms with van der Waals surface area (Å²) in [6.07, 6.45) is 5.40. The first-order valence-electron chi connectivity index (χ1n) is 5.92. The fraction of sp³-hybridized carbons (Fsp3) is 0.583. The average Bonchev–Trinajstić information content (AvgIpc) is 2.72. The van der Waals surface area contributed by atoms with Gasteiger partial charge in [-0.25, -0.2) is 0 Å². The van der Waals surface area contributed by atoms with Crippen molar-refractivity contribution < 1.29 is 0 Å². The Morgan fingerprint density at radius 1 is 1.50 bits per heavy atom. The number of nitrogens with one attached hydrogen (secondary N) is 1. The van der Waals surface area contributed by atoms with Crippen LogP contribution in [0.3, 0.4) is 0 Å². The summed E-state index contributed by atoms with van der Waals surface area (Å²) in [5.74, 6) is 0.759. The largest absolute Gasteiger partial charge is 0.330 e. The van der Waals surface area contributed by atoms with Crippen LogP contribution >= 0.6 is 11.3 Å². The fourth-order valence-corrected chi connectivity index (χ4v) is 3.00. The highest BCUT2D eigenvalue weighted by atomic mass is 32.1. The molecule has 16 heavy (non-hydrogen) atoms. The van der Waals surface area contributed by atoms with E-state index in [1.807, 2.05) is 0 Å². The van der Waals surface area contributed by atoms with Crippen LogP contribution in [0, 0.1) is 5.41 Å². The van der Waals surface area contributed by atoms with Crippen molar-refractivity contribution in [3.8, 4) is 0 Å². The van der Waals surface area contributed by atoms with Gasteiger partial charge in [-0.05, 0) is 37.3 Å². The molecule has 0 saturated carbocycles. The van der Waals surface area contributed by atoms with Crippen LogP contribution in [0.5, 0.6) is 0 Å². The smallest absolute Gasteiger partial charge is 0.100 e. The molecule has 1 aromatic heterocycles. The molecule has 0 aromatic carbocycles. The lowest BCUT2D eigenvalue weighted by molar-refractivity contribution is 0.558. The minimum atomic E-state index is 0.426. The molecule has 0 bridgehead atoms. The van der Waals surface area contributed by atoms with Crippen LogP contribution in [-0.2, 0) is 0 Å². The van der Waals surface area contributed by atoms with Gasteiger partial charge in [0.25, 0.3) is 0 Å². The SMILES string of the molecule is N=C1CCCCC(CCN)N1c1ccsc1. The standard InChI is InChI=1S/C12H19N3S/c13-7-5-10-3-1-2-4-12(14)15(10)11-6-8-16-9-11/h6,8-10,14H,1-5,7,13H2. The summed E-state index contributed by atoms with van der Waals surface area (Å²) in [4.78, 5) is 2.19. The van der Waals surface area contributed by atoms with Gasteiger partial charge in [-0.2, -0.15) is 11.3 Å². The van der Waals surface area contributed by atoms with Gasteiger partial charge in [0.1, 0.15) is 5.84 Å². The first-order valence-corrected chi connectivity index (χ1v) is 6.86. The zero-order valence-corrected chi connectivity index (χ0v) is 10.3. The number of rotatable bonds is 3. The molecular weight excluding hydrogens is 218 g/mol. The molecular formula is C12H19N3S. The number of anilines is 1. The Morgan fingerprint density at radius 3 is 3.06 bits per heavy atom. The van der Waals surface area contributed by atoms with Crippen molar-refractivity contribution in [2.75, 3.05) is 11.4 Å². The van der Waals surface area contributed by atoms with Crippen molar-refractivity contribution in [2.24, 2.45) is 5.73 Å². The molecule has 1 fully saturated rings. The van der Waals surface area contributed by atoms with Gasteiger partial charge >= 0.3 is 0 Å². The van der Waals surface area contributed by atoms with Gasteiger partial charge in [0.15, 0.2) is 0 Å². The molecule has 0 amide bonds. The molecule has 0 aliphatic carbocycles. The Morgan fingerprint density at radius 2 is 2.38 bits per heavy atom. The number of thiophene rings is 1. The Labute approximate surface area is 101 Å². The summed E-state index contributed by atoms with van der Waals surface area (Å²) in [6.45, 7) is 0.707. The third-order valence-corrected chi connectivity index (χ3v) is 3.81. The highest BCUT2D eigenvalue weighted by Gasteiger charge is 2.24. The van der Waals surface area contributed by atoms with Gasteiger partial charge in [0, 0.05) is 17.8 Å². The van der Waals surface area contributed by atoms with Gasteiger partial charge in [-0.15, -0.1) is 0 Å². The molecule has 0 radical (unpaired) electrons. The predicted molar refractivity (Wildman–Crippen MR) is 70.5 cm³/mol. The number of hydrogen-bond donors (Lipinski definition) is 2. The molecule has 1 aliphatic heterocycles. The Bertz CT molecular complexity index is 334. The van der Waals surface area contributed by atoms with Gasteiger partial charge in [-0.3, -0.25) is 5.41 Å². The van der Waals surface area contributed by atoms with E-state index >= 15 is 0 Å². The van der Waals surface area contributed by atoms with Crippen molar-refractivity contribution in [3.63, 3.8) is 0 Å². The number of hydrogen-bond acceptors (Lipinski definition) is 3. The molecule has 0 spiro atoms. The van der Waals surface area contributed by atoms with E-state index < -0.39 is 0 Å². The lowest BCUT2D eigenvalue weighted by atomic mass is 10.1. The van der Waals surface area contributed by atoms with Crippen LogP contribution in [0.1, 0.15) is 32.1 Å². The quantitative estimate of drug-likeness (QED) is 0.849. The van der Waals surface area contributed by atoms with E-state index in [2.05, 4.69) is 21.7 Å². The van der Waals surface area contributed by atoms with Crippen molar-refractivity contribution >= 4 is 22.9 Å². The first-order chi connectivity index (χ1) is 7.83. The molecule has 1 saturated heterocycles. The number of amidine groups is 1. The topological polar surface area (TPSA) is 53.1 Å². The van der Waals surface area contributed by atoms with Crippen LogP contribution in [0.4, 0.5) is 5.69 Å². The monoisotopic (exact) mass is 237 g/mol. The van der Waals surface area contributed by atoms with E-state index in [0.717, 1.165) is 31.5 Å². The second-order valence-electron chi connectivity index (χ2n) is 4.28. The first kappa shape index (κ1) is 11.6. The maximum absolute atomic E-state index is 8.16. The highest BCUT2D eigenvalue weighted by Crippen LogP contribution is 2.28. The molecule has 1 unspecified atom stereocenters.